The summed E-state index contributed by atoms with van der Waals surface area (Å²) in [5, 5.41) is 6.79. The molecular formula is C23H24N4. The second-order valence-corrected chi connectivity index (χ2v) is 6.79. The molecule has 6 bridgehead atoms. The molecule has 0 saturated carbocycles. The van der Waals surface area contributed by atoms with Crippen molar-refractivity contribution >= 4 is 11.6 Å². The average Bonchev–Trinajstić information content (AvgIpc) is 2.70. The Morgan fingerprint density at radius 3 is 2.81 bits per heavy atom. The molecule has 0 spiro atoms. The highest BCUT2D eigenvalue weighted by Gasteiger charge is 2.05. The van der Waals surface area contributed by atoms with E-state index in [-0.39, 0.29) is 0 Å². The monoisotopic (exact) mass is 356 g/mol. The van der Waals surface area contributed by atoms with Crippen LogP contribution in [0.3, 0.4) is 0 Å². The predicted molar refractivity (Wildman–Crippen MR) is 111 cm³/mol. The lowest BCUT2D eigenvalue weighted by Crippen LogP contribution is -2.12. The van der Waals surface area contributed by atoms with Crippen LogP contribution in [-0.4, -0.2) is 16.5 Å². The molecule has 0 fully saturated rings. The molecule has 0 amide bonds. The molecule has 2 aromatic carbocycles. The van der Waals surface area contributed by atoms with Gasteiger partial charge in [0, 0.05) is 30.5 Å². The van der Waals surface area contributed by atoms with Crippen molar-refractivity contribution in [3.8, 4) is 11.3 Å². The Morgan fingerprint density at radius 1 is 0.889 bits per heavy atom. The molecule has 27 heavy (non-hydrogen) atoms. The maximum absolute atomic E-state index is 4.71. The topological polar surface area (TPSA) is 49.8 Å². The number of rotatable bonds is 0. The molecule has 0 aliphatic carbocycles. The Labute approximate surface area is 160 Å². The van der Waals surface area contributed by atoms with Crippen molar-refractivity contribution in [2.75, 3.05) is 11.9 Å². The molecule has 2 heterocycles. The number of aromatic nitrogens is 2. The van der Waals surface area contributed by atoms with Crippen LogP contribution in [0.15, 0.2) is 72.9 Å². The third kappa shape index (κ3) is 4.80. The molecule has 2 N–H and O–H groups in total. The van der Waals surface area contributed by atoms with Gasteiger partial charge in [-0.1, -0.05) is 42.5 Å². The van der Waals surface area contributed by atoms with E-state index >= 15 is 0 Å². The Kier molecular flexibility index (Phi) is 5.56. The summed E-state index contributed by atoms with van der Waals surface area (Å²) in [4.78, 5) is 9.10. The van der Waals surface area contributed by atoms with E-state index in [1.165, 1.54) is 11.1 Å². The van der Waals surface area contributed by atoms with Gasteiger partial charge in [-0.2, -0.15) is 0 Å². The molecular weight excluding hydrogens is 332 g/mol. The second kappa shape index (κ2) is 8.60. The quantitative estimate of drug-likeness (QED) is 0.564. The molecule has 0 atom stereocenters. The minimum Gasteiger partial charge on any atom is -0.324 e. The van der Waals surface area contributed by atoms with E-state index in [2.05, 4.69) is 70.2 Å². The van der Waals surface area contributed by atoms with Crippen LogP contribution in [-0.2, 0) is 13.0 Å². The maximum Gasteiger partial charge on any atom is 0.227 e. The van der Waals surface area contributed by atoms with Gasteiger partial charge >= 0.3 is 0 Å². The zero-order valence-electron chi connectivity index (χ0n) is 15.4. The zero-order chi connectivity index (χ0) is 18.3. The molecule has 3 aromatic rings. The maximum atomic E-state index is 4.71. The van der Waals surface area contributed by atoms with Crippen molar-refractivity contribution in [3.63, 3.8) is 0 Å². The third-order valence-electron chi connectivity index (χ3n) is 4.66. The molecule has 4 rings (SSSR count). The van der Waals surface area contributed by atoms with E-state index in [1.807, 2.05) is 18.3 Å². The predicted octanol–water partition coefficient (Wildman–Crippen LogP) is 4.87. The van der Waals surface area contributed by atoms with Crippen LogP contribution in [0.2, 0.25) is 0 Å². The van der Waals surface area contributed by atoms with Gasteiger partial charge in [0.2, 0.25) is 5.95 Å². The first kappa shape index (κ1) is 17.4. The molecule has 1 aliphatic rings. The van der Waals surface area contributed by atoms with E-state index in [0.29, 0.717) is 5.95 Å². The number of hydrogen-bond donors (Lipinski definition) is 2. The van der Waals surface area contributed by atoms with Gasteiger partial charge in [-0.05, 0) is 54.7 Å². The van der Waals surface area contributed by atoms with Crippen molar-refractivity contribution in [1.82, 2.24) is 15.3 Å². The van der Waals surface area contributed by atoms with Crippen LogP contribution in [0.4, 0.5) is 11.6 Å². The molecule has 1 aromatic heterocycles. The van der Waals surface area contributed by atoms with Crippen molar-refractivity contribution in [1.29, 1.82) is 0 Å². The summed E-state index contributed by atoms with van der Waals surface area (Å²) in [5.74, 6) is 0.618. The summed E-state index contributed by atoms with van der Waals surface area (Å²) in [5.41, 5.74) is 5.65. The molecule has 1 aliphatic heterocycles. The van der Waals surface area contributed by atoms with Crippen molar-refractivity contribution < 1.29 is 0 Å². The number of anilines is 2. The SMILES string of the molecule is C1=CCNCc2cccc(c2)Nc2nccc(n2)-c2cccc(c2)CCC1. The number of nitrogens with one attached hydrogen (secondary N) is 2. The highest BCUT2D eigenvalue weighted by Crippen LogP contribution is 2.22. The van der Waals surface area contributed by atoms with Gasteiger partial charge in [0.15, 0.2) is 0 Å². The second-order valence-electron chi connectivity index (χ2n) is 6.79. The Morgan fingerprint density at radius 2 is 1.81 bits per heavy atom. The standard InChI is InChI=1S/C23H24N4/c1-2-4-13-24-17-19-9-6-11-21(16-19)26-23-25-14-12-22(27-23)20-10-5-8-18(15-20)7-3-1/h2,4-6,8-12,14-16,24H,1,3,7,13,17H2,(H,25,26,27). The number of hydrogen-bond acceptors (Lipinski definition) is 4. The lowest BCUT2D eigenvalue weighted by atomic mass is 10.0. The molecule has 0 saturated heterocycles. The lowest BCUT2D eigenvalue weighted by Gasteiger charge is -2.10. The van der Waals surface area contributed by atoms with Gasteiger partial charge < -0.3 is 10.6 Å². The lowest BCUT2D eigenvalue weighted by molar-refractivity contribution is 0.755. The van der Waals surface area contributed by atoms with Crippen molar-refractivity contribution in [3.05, 3.63) is 84.1 Å². The van der Waals surface area contributed by atoms with Crippen LogP contribution >= 0.6 is 0 Å². The van der Waals surface area contributed by atoms with Crippen LogP contribution in [0.25, 0.3) is 11.3 Å². The van der Waals surface area contributed by atoms with Gasteiger partial charge in [0.25, 0.3) is 0 Å². The van der Waals surface area contributed by atoms with Crippen molar-refractivity contribution in [2.24, 2.45) is 0 Å². The summed E-state index contributed by atoms with van der Waals surface area (Å²) >= 11 is 0. The van der Waals surface area contributed by atoms with E-state index in [9.17, 15) is 0 Å². The smallest absolute Gasteiger partial charge is 0.227 e. The largest absolute Gasteiger partial charge is 0.324 e. The molecule has 0 radical (unpaired) electrons. The Balaban J connectivity index is 1.66. The normalized spacial score (nSPS) is 14.7. The summed E-state index contributed by atoms with van der Waals surface area (Å²) in [7, 11) is 0. The van der Waals surface area contributed by atoms with E-state index in [4.69, 9.17) is 4.98 Å². The highest BCUT2D eigenvalue weighted by molar-refractivity contribution is 5.63. The first-order valence-electron chi connectivity index (χ1n) is 9.51. The summed E-state index contributed by atoms with van der Waals surface area (Å²) in [6, 6.07) is 19.0. The Hall–Kier alpha value is -2.98. The molecule has 136 valence electrons. The van der Waals surface area contributed by atoms with Crippen LogP contribution in [0.1, 0.15) is 24.0 Å². The molecule has 4 heteroatoms. The number of fused-ring (bicyclic) bond motifs is 7. The average molecular weight is 356 g/mol. The van der Waals surface area contributed by atoms with Gasteiger partial charge in [0.1, 0.15) is 0 Å². The fraction of sp³-hybridized carbons (Fsp3) is 0.217. The van der Waals surface area contributed by atoms with Crippen LogP contribution in [0.5, 0.6) is 0 Å². The summed E-state index contributed by atoms with van der Waals surface area (Å²) < 4.78 is 0. The van der Waals surface area contributed by atoms with E-state index in [0.717, 1.165) is 49.3 Å². The van der Waals surface area contributed by atoms with E-state index < -0.39 is 0 Å². The summed E-state index contributed by atoms with van der Waals surface area (Å²) in [6.07, 6.45) is 9.63. The minimum absolute atomic E-state index is 0.618. The van der Waals surface area contributed by atoms with Crippen LogP contribution < -0.4 is 10.6 Å². The van der Waals surface area contributed by atoms with Crippen LogP contribution in [0, 0.1) is 0 Å². The van der Waals surface area contributed by atoms with Crippen molar-refractivity contribution in [2.45, 2.75) is 25.8 Å². The fourth-order valence-corrected chi connectivity index (χ4v) is 3.28. The van der Waals surface area contributed by atoms with Gasteiger partial charge in [-0.15, -0.1) is 0 Å². The number of nitrogens with zero attached hydrogens (tertiary/aromatic N) is 2. The minimum atomic E-state index is 0.618. The van der Waals surface area contributed by atoms with E-state index in [1.54, 1.807) is 0 Å². The van der Waals surface area contributed by atoms with Gasteiger partial charge in [0.05, 0.1) is 5.69 Å². The third-order valence-corrected chi connectivity index (χ3v) is 4.66. The first-order valence-corrected chi connectivity index (χ1v) is 9.51. The van der Waals surface area contributed by atoms with Gasteiger partial charge in [-0.25, -0.2) is 9.97 Å². The zero-order valence-corrected chi connectivity index (χ0v) is 15.4. The highest BCUT2D eigenvalue weighted by atomic mass is 15.1. The first-order chi connectivity index (χ1) is 13.4. The number of benzene rings is 2. The fourth-order valence-electron chi connectivity index (χ4n) is 3.28. The number of allylic oxidation sites excluding steroid dienone is 1. The molecule has 4 nitrogen and oxygen atoms in total. The molecule has 0 unspecified atom stereocenters. The summed E-state index contributed by atoms with van der Waals surface area (Å²) in [6.45, 7) is 1.73. The Bertz CT molecular complexity index is 933. The number of aryl methyl sites for hydroxylation is 1. The van der Waals surface area contributed by atoms with Gasteiger partial charge in [-0.3, -0.25) is 0 Å².